The summed E-state index contributed by atoms with van der Waals surface area (Å²) in [5.74, 6) is -0.731. The molecule has 1 N–H and O–H groups in total. The average Bonchev–Trinajstić information content (AvgIpc) is 3.32. The maximum absolute atomic E-state index is 12.4. The largest absolute Gasteiger partial charge is 0.454 e. The Balaban J connectivity index is 1.75. The predicted molar refractivity (Wildman–Crippen MR) is 118 cm³/mol. The van der Waals surface area contributed by atoms with Crippen molar-refractivity contribution < 1.29 is 14.3 Å². The molecule has 3 rings (SSSR count). The molecule has 0 aliphatic carbocycles. The summed E-state index contributed by atoms with van der Waals surface area (Å²) in [6.45, 7) is 7.34. The molecule has 0 radical (unpaired) electrons. The minimum absolute atomic E-state index is 0.0162. The zero-order valence-corrected chi connectivity index (χ0v) is 18.9. The number of aromatic amines is 1. The van der Waals surface area contributed by atoms with E-state index >= 15 is 0 Å². The van der Waals surface area contributed by atoms with Crippen molar-refractivity contribution in [3.8, 4) is 0 Å². The fraction of sp³-hybridized carbons (Fsp3) is 0.333. The fourth-order valence-electron chi connectivity index (χ4n) is 3.12. The third kappa shape index (κ3) is 4.88. The van der Waals surface area contributed by atoms with Crippen molar-refractivity contribution in [1.82, 2.24) is 15.2 Å². The molecule has 0 unspecified atom stereocenters. The summed E-state index contributed by atoms with van der Waals surface area (Å²) in [6.07, 6.45) is 1.77. The molecule has 0 atom stereocenters. The number of anilines is 2. The van der Waals surface area contributed by atoms with Crippen LogP contribution in [0.5, 0.6) is 0 Å². The van der Waals surface area contributed by atoms with E-state index in [1.165, 1.54) is 23.2 Å². The molecule has 2 heterocycles. The van der Waals surface area contributed by atoms with E-state index in [1.807, 2.05) is 32.9 Å². The molecule has 3 aromatic rings. The van der Waals surface area contributed by atoms with Gasteiger partial charge in [0.05, 0.1) is 16.4 Å². The summed E-state index contributed by atoms with van der Waals surface area (Å²) >= 11 is 7.71. The van der Waals surface area contributed by atoms with Crippen LogP contribution in [0, 0.1) is 13.8 Å². The number of hydrogen-bond acceptors (Lipinski definition) is 6. The first-order chi connectivity index (χ1) is 14.3. The van der Waals surface area contributed by atoms with Crippen LogP contribution < -0.4 is 4.90 Å². The second kappa shape index (κ2) is 9.40. The van der Waals surface area contributed by atoms with Crippen LogP contribution in [0.25, 0.3) is 0 Å². The van der Waals surface area contributed by atoms with Crippen molar-refractivity contribution in [1.29, 1.82) is 0 Å². The van der Waals surface area contributed by atoms with Gasteiger partial charge >= 0.3 is 5.97 Å². The number of hydrogen-bond donors (Lipinski definition) is 1. The standard InChI is InChI=1S/C21H23ClN4O3S/c1-5-6-15-9-18(25-24-15)20(28)29-10-16-11-30-21(23-16)26(14(4)27)19-13(3)7-12(2)8-17(19)22/h7-9,11H,5-6,10H2,1-4H3,(H,24,25). The molecule has 0 bridgehead atoms. The molecule has 7 nitrogen and oxygen atoms in total. The number of benzene rings is 1. The lowest BCUT2D eigenvalue weighted by Crippen LogP contribution is -2.24. The van der Waals surface area contributed by atoms with Gasteiger partial charge in [-0.3, -0.25) is 14.8 Å². The number of aryl methyl sites for hydroxylation is 3. The van der Waals surface area contributed by atoms with Crippen molar-refractivity contribution in [2.45, 2.75) is 47.1 Å². The molecular formula is C21H23ClN4O3S. The Bertz CT molecular complexity index is 1050. The highest BCUT2D eigenvalue weighted by atomic mass is 35.5. The zero-order valence-electron chi connectivity index (χ0n) is 17.3. The lowest BCUT2D eigenvalue weighted by Gasteiger charge is -2.22. The van der Waals surface area contributed by atoms with Gasteiger partial charge in [-0.05, 0) is 43.5 Å². The number of carbonyl (C=O) groups is 2. The number of carbonyl (C=O) groups excluding carboxylic acids is 2. The van der Waals surface area contributed by atoms with E-state index in [4.69, 9.17) is 16.3 Å². The second-order valence-corrected chi connectivity index (χ2v) is 8.24. The second-order valence-electron chi connectivity index (χ2n) is 6.99. The fourth-order valence-corrected chi connectivity index (χ4v) is 4.38. The highest BCUT2D eigenvalue weighted by molar-refractivity contribution is 7.14. The number of ether oxygens (including phenoxy) is 1. The minimum atomic E-state index is -0.524. The molecule has 1 amide bonds. The van der Waals surface area contributed by atoms with E-state index < -0.39 is 5.97 Å². The predicted octanol–water partition coefficient (Wildman–Crippen LogP) is 5.13. The summed E-state index contributed by atoms with van der Waals surface area (Å²) in [6, 6.07) is 5.47. The smallest absolute Gasteiger partial charge is 0.359 e. The number of nitrogens with one attached hydrogen (secondary N) is 1. The summed E-state index contributed by atoms with van der Waals surface area (Å²) in [4.78, 5) is 30.6. The van der Waals surface area contributed by atoms with Crippen LogP contribution in [0.15, 0.2) is 23.6 Å². The molecule has 0 fully saturated rings. The lowest BCUT2D eigenvalue weighted by atomic mass is 10.1. The first kappa shape index (κ1) is 22.0. The van der Waals surface area contributed by atoms with Crippen LogP contribution in [0.2, 0.25) is 5.02 Å². The number of amides is 1. The quantitative estimate of drug-likeness (QED) is 0.508. The summed E-state index contributed by atoms with van der Waals surface area (Å²) < 4.78 is 5.32. The van der Waals surface area contributed by atoms with Crippen LogP contribution in [0.3, 0.4) is 0 Å². The molecule has 30 heavy (non-hydrogen) atoms. The maximum atomic E-state index is 12.4. The lowest BCUT2D eigenvalue weighted by molar-refractivity contribution is -0.115. The molecular weight excluding hydrogens is 424 g/mol. The highest BCUT2D eigenvalue weighted by Crippen LogP contribution is 2.37. The van der Waals surface area contributed by atoms with Crippen LogP contribution in [-0.2, 0) is 22.6 Å². The molecule has 2 aromatic heterocycles. The van der Waals surface area contributed by atoms with Gasteiger partial charge in [-0.1, -0.05) is 31.0 Å². The van der Waals surface area contributed by atoms with E-state index in [9.17, 15) is 9.59 Å². The normalized spacial score (nSPS) is 10.8. The molecule has 0 saturated carbocycles. The molecule has 0 spiro atoms. The Morgan fingerprint density at radius 3 is 2.70 bits per heavy atom. The van der Waals surface area contributed by atoms with E-state index in [0.29, 0.717) is 21.5 Å². The number of halogens is 1. The molecule has 0 saturated heterocycles. The number of H-pyrrole nitrogens is 1. The van der Waals surface area contributed by atoms with Crippen molar-refractivity contribution >= 4 is 45.6 Å². The van der Waals surface area contributed by atoms with Gasteiger partial charge in [-0.25, -0.2) is 9.78 Å². The minimum Gasteiger partial charge on any atom is -0.454 e. The topological polar surface area (TPSA) is 88.2 Å². The molecule has 0 aliphatic heterocycles. The van der Waals surface area contributed by atoms with Crippen molar-refractivity contribution in [2.24, 2.45) is 0 Å². The number of aromatic nitrogens is 3. The van der Waals surface area contributed by atoms with Gasteiger partial charge in [0, 0.05) is 18.0 Å². The van der Waals surface area contributed by atoms with Crippen LogP contribution in [0.4, 0.5) is 10.8 Å². The Kier molecular flexibility index (Phi) is 6.89. The maximum Gasteiger partial charge on any atom is 0.359 e. The molecule has 0 aliphatic rings. The highest BCUT2D eigenvalue weighted by Gasteiger charge is 2.23. The Labute approximate surface area is 184 Å². The van der Waals surface area contributed by atoms with Crippen LogP contribution in [-0.4, -0.2) is 27.1 Å². The van der Waals surface area contributed by atoms with Gasteiger partial charge in [-0.2, -0.15) is 5.10 Å². The van der Waals surface area contributed by atoms with Crippen LogP contribution >= 0.6 is 22.9 Å². The Morgan fingerprint density at radius 2 is 2.03 bits per heavy atom. The summed E-state index contributed by atoms with van der Waals surface area (Å²) in [5.41, 5.74) is 4.16. The van der Waals surface area contributed by atoms with Gasteiger partial charge < -0.3 is 4.74 Å². The van der Waals surface area contributed by atoms with Gasteiger partial charge in [0.2, 0.25) is 5.91 Å². The monoisotopic (exact) mass is 446 g/mol. The van der Waals surface area contributed by atoms with Gasteiger partial charge in [-0.15, -0.1) is 11.3 Å². The van der Waals surface area contributed by atoms with Crippen molar-refractivity contribution in [3.63, 3.8) is 0 Å². The molecule has 9 heteroatoms. The van der Waals surface area contributed by atoms with E-state index in [-0.39, 0.29) is 18.2 Å². The van der Waals surface area contributed by atoms with E-state index in [0.717, 1.165) is 29.7 Å². The van der Waals surface area contributed by atoms with E-state index in [1.54, 1.807) is 11.4 Å². The Hall–Kier alpha value is -2.71. The number of esters is 1. The SMILES string of the molecule is CCCc1cc(C(=O)OCc2csc(N(C(C)=O)c3c(C)cc(C)cc3Cl)n2)n[nH]1. The molecule has 158 valence electrons. The summed E-state index contributed by atoms with van der Waals surface area (Å²) in [5, 5.41) is 9.51. The first-order valence-electron chi connectivity index (χ1n) is 9.53. The molecule has 1 aromatic carbocycles. The number of nitrogens with zero attached hydrogens (tertiary/aromatic N) is 3. The van der Waals surface area contributed by atoms with Crippen molar-refractivity contribution in [2.75, 3.05) is 4.90 Å². The van der Waals surface area contributed by atoms with E-state index in [2.05, 4.69) is 15.2 Å². The number of thiazole rings is 1. The first-order valence-corrected chi connectivity index (χ1v) is 10.8. The third-order valence-electron chi connectivity index (χ3n) is 4.38. The zero-order chi connectivity index (χ0) is 21.8. The van der Waals surface area contributed by atoms with Gasteiger partial charge in [0.15, 0.2) is 10.8 Å². The van der Waals surface area contributed by atoms with Crippen molar-refractivity contribution in [3.05, 3.63) is 56.8 Å². The van der Waals surface area contributed by atoms with Crippen LogP contribution in [0.1, 0.15) is 53.3 Å². The number of rotatable bonds is 7. The van der Waals surface area contributed by atoms with Gasteiger partial charge in [0.1, 0.15) is 6.61 Å². The summed E-state index contributed by atoms with van der Waals surface area (Å²) in [7, 11) is 0. The Morgan fingerprint density at radius 1 is 1.27 bits per heavy atom. The van der Waals surface area contributed by atoms with Gasteiger partial charge in [0.25, 0.3) is 0 Å². The third-order valence-corrected chi connectivity index (χ3v) is 5.54. The average molecular weight is 447 g/mol.